The van der Waals surface area contributed by atoms with Crippen molar-refractivity contribution in [2.45, 2.75) is 19.0 Å². The molecule has 1 aromatic carbocycles. The minimum absolute atomic E-state index is 0.201. The van der Waals surface area contributed by atoms with Gasteiger partial charge in [-0.15, -0.1) is 0 Å². The van der Waals surface area contributed by atoms with Gasteiger partial charge in [-0.25, -0.2) is 0 Å². The van der Waals surface area contributed by atoms with E-state index in [1.807, 2.05) is 0 Å². The van der Waals surface area contributed by atoms with E-state index in [1.165, 1.54) is 18.3 Å². The molecule has 0 spiro atoms. The van der Waals surface area contributed by atoms with Crippen LogP contribution in [0.25, 0.3) is 10.8 Å². The highest BCUT2D eigenvalue weighted by Crippen LogP contribution is 2.35. The molecule has 0 amide bonds. The lowest BCUT2D eigenvalue weighted by Gasteiger charge is -2.12. The van der Waals surface area contributed by atoms with E-state index in [0.717, 1.165) is 6.07 Å². The number of nitrogens with two attached hydrogens (primary N) is 1. The largest absolute Gasteiger partial charge is 0.417 e. The first-order valence-corrected chi connectivity index (χ1v) is 5.68. The zero-order valence-corrected chi connectivity index (χ0v) is 9.67. The van der Waals surface area contributed by atoms with Crippen molar-refractivity contribution < 1.29 is 13.2 Å². The van der Waals surface area contributed by atoms with Crippen LogP contribution in [0.1, 0.15) is 17.7 Å². The Hall–Kier alpha value is -1.62. The number of nitrogens with zero attached hydrogens (tertiary/aromatic N) is 1. The summed E-state index contributed by atoms with van der Waals surface area (Å²) in [6, 6.07) is 5.58. The van der Waals surface area contributed by atoms with Crippen LogP contribution in [0.2, 0.25) is 0 Å². The minimum Gasteiger partial charge on any atom is -0.330 e. The van der Waals surface area contributed by atoms with Gasteiger partial charge >= 0.3 is 6.18 Å². The van der Waals surface area contributed by atoms with Crippen LogP contribution in [0.4, 0.5) is 13.2 Å². The van der Waals surface area contributed by atoms with E-state index in [4.69, 9.17) is 5.73 Å². The van der Waals surface area contributed by atoms with Gasteiger partial charge in [-0.05, 0) is 36.9 Å². The number of aryl methyl sites for hydroxylation is 1. The van der Waals surface area contributed by atoms with Crippen LogP contribution in [-0.4, -0.2) is 11.5 Å². The maximum absolute atomic E-state index is 12.9. The topological polar surface area (TPSA) is 38.9 Å². The summed E-state index contributed by atoms with van der Waals surface area (Å²) in [6.45, 7) is 0.497. The molecule has 0 aliphatic carbocycles. The predicted molar refractivity (Wildman–Crippen MR) is 64.1 cm³/mol. The van der Waals surface area contributed by atoms with Crippen LogP contribution in [0.15, 0.2) is 30.5 Å². The molecule has 0 saturated heterocycles. The second-order valence-electron chi connectivity index (χ2n) is 4.05. The summed E-state index contributed by atoms with van der Waals surface area (Å²) in [6.07, 6.45) is -1.62. The quantitative estimate of drug-likeness (QED) is 0.913. The molecular formula is C13H13F3N2. The molecule has 0 radical (unpaired) electrons. The van der Waals surface area contributed by atoms with E-state index in [1.54, 1.807) is 6.07 Å². The van der Waals surface area contributed by atoms with Gasteiger partial charge in [-0.2, -0.15) is 13.2 Å². The molecule has 0 fully saturated rings. The zero-order chi connectivity index (χ0) is 13.2. The highest BCUT2D eigenvalue weighted by atomic mass is 19.4. The summed E-state index contributed by atoms with van der Waals surface area (Å²) in [7, 11) is 0. The Kier molecular flexibility index (Phi) is 3.52. The Labute approximate surface area is 103 Å². The summed E-state index contributed by atoms with van der Waals surface area (Å²) in [5, 5.41) is 0.757. The van der Waals surface area contributed by atoms with Crippen molar-refractivity contribution in [1.82, 2.24) is 4.98 Å². The molecule has 0 atom stereocenters. The van der Waals surface area contributed by atoms with Gasteiger partial charge in [0.15, 0.2) is 0 Å². The number of halogens is 3. The van der Waals surface area contributed by atoms with Crippen molar-refractivity contribution in [3.63, 3.8) is 0 Å². The predicted octanol–water partition coefficient (Wildman–Crippen LogP) is 3.14. The highest BCUT2D eigenvalue weighted by molar-refractivity contribution is 5.87. The molecule has 0 aliphatic rings. The normalized spacial score (nSPS) is 12.0. The van der Waals surface area contributed by atoms with Gasteiger partial charge in [0.05, 0.1) is 5.56 Å². The number of aromatic nitrogens is 1. The number of hydrogen-bond acceptors (Lipinski definition) is 2. The minimum atomic E-state index is -4.34. The lowest BCUT2D eigenvalue weighted by molar-refractivity contribution is -0.136. The van der Waals surface area contributed by atoms with Gasteiger partial charge in [-0.3, -0.25) is 4.98 Å². The first-order chi connectivity index (χ1) is 8.54. The van der Waals surface area contributed by atoms with Gasteiger partial charge in [-0.1, -0.05) is 12.1 Å². The third kappa shape index (κ3) is 2.46. The molecule has 2 nitrogen and oxygen atoms in total. The molecular weight excluding hydrogens is 241 g/mol. The number of benzene rings is 1. The molecule has 1 heterocycles. The number of pyridine rings is 1. The summed E-state index contributed by atoms with van der Waals surface area (Å²) in [5.74, 6) is 0. The second kappa shape index (κ2) is 4.94. The molecule has 0 unspecified atom stereocenters. The standard InChI is InChI=1S/C13H13F3N2/c14-13(15,16)11-4-1-3-10-9(11)6-8-18-12(10)5-2-7-17/h1,3-4,6,8H,2,5,7,17H2. The highest BCUT2D eigenvalue weighted by Gasteiger charge is 2.32. The molecule has 0 aliphatic heterocycles. The van der Waals surface area contributed by atoms with Crippen molar-refractivity contribution in [3.05, 3.63) is 41.7 Å². The van der Waals surface area contributed by atoms with Crippen LogP contribution in [0.5, 0.6) is 0 Å². The summed E-state index contributed by atoms with van der Waals surface area (Å²) >= 11 is 0. The lowest BCUT2D eigenvalue weighted by atomic mass is 10.0. The zero-order valence-electron chi connectivity index (χ0n) is 9.67. The SMILES string of the molecule is NCCCc1nccc2c(C(F)(F)F)cccc12. The summed E-state index contributed by atoms with van der Waals surface area (Å²) in [4.78, 5) is 4.14. The Morgan fingerprint density at radius 1 is 1.11 bits per heavy atom. The molecule has 18 heavy (non-hydrogen) atoms. The molecule has 1 aromatic heterocycles. The van der Waals surface area contributed by atoms with E-state index >= 15 is 0 Å². The van der Waals surface area contributed by atoms with Crippen molar-refractivity contribution >= 4 is 10.8 Å². The fourth-order valence-corrected chi connectivity index (χ4v) is 1.98. The Balaban J connectivity index is 2.58. The van der Waals surface area contributed by atoms with Crippen LogP contribution in [-0.2, 0) is 12.6 Å². The van der Waals surface area contributed by atoms with E-state index in [-0.39, 0.29) is 5.39 Å². The molecule has 2 aromatic rings. The Morgan fingerprint density at radius 3 is 2.56 bits per heavy atom. The van der Waals surface area contributed by atoms with Gasteiger partial charge in [0, 0.05) is 17.3 Å². The Bertz CT molecular complexity index is 549. The monoisotopic (exact) mass is 254 g/mol. The van der Waals surface area contributed by atoms with Crippen molar-refractivity contribution in [3.8, 4) is 0 Å². The Morgan fingerprint density at radius 2 is 1.89 bits per heavy atom. The molecule has 0 bridgehead atoms. The number of hydrogen-bond donors (Lipinski definition) is 1. The number of rotatable bonds is 3. The molecule has 2 rings (SSSR count). The van der Waals surface area contributed by atoms with E-state index in [9.17, 15) is 13.2 Å². The molecule has 5 heteroatoms. The first kappa shape index (κ1) is 12.8. The fraction of sp³-hybridized carbons (Fsp3) is 0.308. The van der Waals surface area contributed by atoms with Gasteiger partial charge in [0.2, 0.25) is 0 Å². The smallest absolute Gasteiger partial charge is 0.330 e. The van der Waals surface area contributed by atoms with Gasteiger partial charge in [0.25, 0.3) is 0 Å². The van der Waals surface area contributed by atoms with Crippen LogP contribution < -0.4 is 5.73 Å². The third-order valence-electron chi connectivity index (χ3n) is 2.81. The van der Waals surface area contributed by atoms with E-state index in [0.29, 0.717) is 30.5 Å². The van der Waals surface area contributed by atoms with Crippen molar-refractivity contribution in [2.24, 2.45) is 5.73 Å². The van der Waals surface area contributed by atoms with Crippen LogP contribution >= 0.6 is 0 Å². The summed E-state index contributed by atoms with van der Waals surface area (Å²) < 4.78 is 38.6. The van der Waals surface area contributed by atoms with Crippen LogP contribution in [0, 0.1) is 0 Å². The molecule has 0 saturated carbocycles. The second-order valence-corrected chi connectivity index (χ2v) is 4.05. The van der Waals surface area contributed by atoms with Gasteiger partial charge < -0.3 is 5.73 Å². The molecule has 96 valence electrons. The fourth-order valence-electron chi connectivity index (χ4n) is 1.98. The van der Waals surface area contributed by atoms with Crippen LogP contribution in [0.3, 0.4) is 0 Å². The number of fused-ring (bicyclic) bond motifs is 1. The third-order valence-corrected chi connectivity index (χ3v) is 2.81. The van der Waals surface area contributed by atoms with E-state index < -0.39 is 11.7 Å². The van der Waals surface area contributed by atoms with Gasteiger partial charge in [0.1, 0.15) is 0 Å². The average molecular weight is 254 g/mol. The number of alkyl halides is 3. The molecule has 2 N–H and O–H groups in total. The lowest BCUT2D eigenvalue weighted by Crippen LogP contribution is -2.07. The average Bonchev–Trinajstić information content (AvgIpc) is 2.34. The maximum atomic E-state index is 12.9. The summed E-state index contributed by atoms with van der Waals surface area (Å²) in [5.41, 5.74) is 5.47. The van der Waals surface area contributed by atoms with E-state index in [2.05, 4.69) is 4.98 Å². The van der Waals surface area contributed by atoms with Crippen molar-refractivity contribution in [1.29, 1.82) is 0 Å². The first-order valence-electron chi connectivity index (χ1n) is 5.68. The maximum Gasteiger partial charge on any atom is 0.417 e. The van der Waals surface area contributed by atoms with Crippen molar-refractivity contribution in [2.75, 3.05) is 6.54 Å².